The van der Waals surface area contributed by atoms with Crippen LogP contribution in [0.15, 0.2) is 47.9 Å². The molecule has 3 heterocycles. The molecule has 1 atom stereocenters. The van der Waals surface area contributed by atoms with Crippen LogP contribution in [-0.2, 0) is 11.2 Å². The molecule has 1 unspecified atom stereocenters. The Hall–Kier alpha value is -3.65. The summed E-state index contributed by atoms with van der Waals surface area (Å²) in [5.41, 5.74) is 3.01. The molecular weight excluding hydrogens is 466 g/mol. The standard InChI is InChI=1S/C27H27NO6S/c1-30-20-15-18-8-9-28(26(24-5-4-12-35-24)19(18)16-21(20)31-2)25(29)7-6-17-13-22(32-3)27-23(14-17)33-10-11-34-27/h4-7,12-16,26H,8-11H2,1-3H3/b7-6+. The van der Waals surface area contributed by atoms with Crippen LogP contribution in [0.5, 0.6) is 28.7 Å². The Balaban J connectivity index is 1.47. The van der Waals surface area contributed by atoms with Crippen LogP contribution in [0, 0.1) is 0 Å². The highest BCUT2D eigenvalue weighted by Crippen LogP contribution is 2.43. The number of nitrogens with zero attached hydrogens (tertiary/aromatic N) is 1. The van der Waals surface area contributed by atoms with Crippen molar-refractivity contribution in [3.05, 3.63) is 69.4 Å². The largest absolute Gasteiger partial charge is 0.493 e. The van der Waals surface area contributed by atoms with Gasteiger partial charge in [-0.1, -0.05) is 6.07 Å². The second kappa shape index (κ2) is 9.92. The number of hydrogen-bond donors (Lipinski definition) is 0. The lowest BCUT2D eigenvalue weighted by Gasteiger charge is -2.37. The number of benzene rings is 2. The van der Waals surface area contributed by atoms with Crippen molar-refractivity contribution in [2.45, 2.75) is 12.5 Å². The first-order chi connectivity index (χ1) is 17.1. The highest BCUT2D eigenvalue weighted by atomic mass is 32.1. The molecule has 0 aliphatic carbocycles. The number of ether oxygens (including phenoxy) is 5. The van der Waals surface area contributed by atoms with Gasteiger partial charge in [-0.3, -0.25) is 4.79 Å². The Kier molecular flexibility index (Phi) is 6.55. The second-order valence-corrected chi connectivity index (χ2v) is 9.17. The van der Waals surface area contributed by atoms with Crippen molar-refractivity contribution in [2.75, 3.05) is 41.1 Å². The smallest absolute Gasteiger partial charge is 0.247 e. The zero-order valence-corrected chi connectivity index (χ0v) is 20.7. The Morgan fingerprint density at radius 3 is 2.54 bits per heavy atom. The SMILES string of the molecule is COc1cc2c(cc1OC)C(c1cccs1)N(C(=O)/C=C/c1cc(OC)c3c(c1)OCCO3)CC2. The van der Waals surface area contributed by atoms with Gasteiger partial charge >= 0.3 is 0 Å². The molecule has 0 saturated carbocycles. The number of methoxy groups -OCH3 is 3. The van der Waals surface area contributed by atoms with E-state index in [0.717, 1.165) is 28.0 Å². The molecule has 0 bridgehead atoms. The molecule has 2 aliphatic heterocycles. The van der Waals surface area contributed by atoms with Gasteiger partial charge in [-0.2, -0.15) is 0 Å². The first-order valence-electron chi connectivity index (χ1n) is 11.4. The molecule has 1 aromatic heterocycles. The fourth-order valence-electron chi connectivity index (χ4n) is 4.59. The van der Waals surface area contributed by atoms with Gasteiger partial charge in [-0.25, -0.2) is 0 Å². The number of thiophene rings is 1. The van der Waals surface area contributed by atoms with Gasteiger partial charge in [0.2, 0.25) is 11.7 Å². The summed E-state index contributed by atoms with van der Waals surface area (Å²) in [6, 6.07) is 11.6. The van der Waals surface area contributed by atoms with E-state index in [9.17, 15) is 4.79 Å². The second-order valence-electron chi connectivity index (χ2n) is 8.19. The Morgan fingerprint density at radius 2 is 1.80 bits per heavy atom. The molecule has 7 nitrogen and oxygen atoms in total. The zero-order valence-electron chi connectivity index (χ0n) is 19.9. The molecule has 2 aromatic carbocycles. The topological polar surface area (TPSA) is 66.5 Å². The van der Waals surface area contributed by atoms with E-state index in [0.29, 0.717) is 48.5 Å². The van der Waals surface area contributed by atoms with E-state index >= 15 is 0 Å². The maximum Gasteiger partial charge on any atom is 0.247 e. The molecule has 0 N–H and O–H groups in total. The predicted octanol–water partition coefficient (Wildman–Crippen LogP) is 4.73. The van der Waals surface area contributed by atoms with Crippen molar-refractivity contribution in [1.29, 1.82) is 0 Å². The number of rotatable bonds is 6. The lowest BCUT2D eigenvalue weighted by molar-refractivity contribution is -0.127. The molecule has 35 heavy (non-hydrogen) atoms. The third-order valence-electron chi connectivity index (χ3n) is 6.24. The van der Waals surface area contributed by atoms with E-state index in [-0.39, 0.29) is 11.9 Å². The van der Waals surface area contributed by atoms with Crippen LogP contribution in [0.4, 0.5) is 0 Å². The Labute approximate surface area is 208 Å². The predicted molar refractivity (Wildman–Crippen MR) is 134 cm³/mol. The van der Waals surface area contributed by atoms with Crippen LogP contribution in [0.2, 0.25) is 0 Å². The Morgan fingerprint density at radius 1 is 1.03 bits per heavy atom. The first-order valence-corrected chi connectivity index (χ1v) is 12.3. The first kappa shape index (κ1) is 23.1. The van der Waals surface area contributed by atoms with Crippen molar-refractivity contribution in [1.82, 2.24) is 4.90 Å². The third-order valence-corrected chi connectivity index (χ3v) is 7.16. The quantitative estimate of drug-likeness (QED) is 0.463. The summed E-state index contributed by atoms with van der Waals surface area (Å²) in [5.74, 6) is 3.07. The van der Waals surface area contributed by atoms with Crippen molar-refractivity contribution < 1.29 is 28.5 Å². The molecule has 0 spiro atoms. The van der Waals surface area contributed by atoms with Crippen molar-refractivity contribution in [3.63, 3.8) is 0 Å². The fourth-order valence-corrected chi connectivity index (χ4v) is 5.44. The van der Waals surface area contributed by atoms with Crippen LogP contribution in [0.25, 0.3) is 6.08 Å². The normalized spacial score (nSPS) is 16.7. The monoisotopic (exact) mass is 493 g/mol. The molecule has 0 saturated heterocycles. The van der Waals surface area contributed by atoms with Gasteiger partial charge in [0.05, 0.1) is 27.4 Å². The van der Waals surface area contributed by atoms with E-state index in [1.807, 2.05) is 40.6 Å². The van der Waals surface area contributed by atoms with Gasteiger partial charge in [0.25, 0.3) is 0 Å². The number of carbonyl (C=O) groups is 1. The summed E-state index contributed by atoms with van der Waals surface area (Å²) < 4.78 is 27.9. The summed E-state index contributed by atoms with van der Waals surface area (Å²) in [7, 11) is 4.85. The number of fused-ring (bicyclic) bond motifs is 2. The molecule has 5 rings (SSSR count). The minimum absolute atomic E-state index is 0.0716. The molecule has 0 radical (unpaired) electrons. The minimum atomic E-state index is -0.203. The molecular formula is C27H27NO6S. The molecule has 3 aromatic rings. The minimum Gasteiger partial charge on any atom is -0.493 e. The average Bonchev–Trinajstić information content (AvgIpc) is 3.44. The van der Waals surface area contributed by atoms with E-state index in [4.69, 9.17) is 23.7 Å². The van der Waals surface area contributed by atoms with Crippen molar-refractivity contribution >= 4 is 23.3 Å². The Bertz CT molecular complexity index is 1240. The van der Waals surface area contributed by atoms with Gasteiger partial charge in [-0.05, 0) is 64.9 Å². The summed E-state index contributed by atoms with van der Waals surface area (Å²) in [6.45, 7) is 1.55. The van der Waals surface area contributed by atoms with Crippen LogP contribution in [0.3, 0.4) is 0 Å². The lowest BCUT2D eigenvalue weighted by Crippen LogP contribution is -2.39. The van der Waals surface area contributed by atoms with Crippen molar-refractivity contribution in [3.8, 4) is 28.7 Å². The molecule has 0 fully saturated rings. The van der Waals surface area contributed by atoms with Gasteiger partial charge in [0.1, 0.15) is 13.2 Å². The summed E-state index contributed by atoms with van der Waals surface area (Å²) in [6.07, 6.45) is 4.13. The van der Waals surface area contributed by atoms with Crippen LogP contribution in [0.1, 0.15) is 27.6 Å². The maximum atomic E-state index is 13.5. The van der Waals surface area contributed by atoms with Gasteiger partial charge in [0, 0.05) is 17.5 Å². The highest BCUT2D eigenvalue weighted by Gasteiger charge is 2.33. The third kappa shape index (κ3) is 4.41. The average molecular weight is 494 g/mol. The number of amides is 1. The molecule has 8 heteroatoms. The molecule has 182 valence electrons. The van der Waals surface area contributed by atoms with Crippen LogP contribution >= 0.6 is 11.3 Å². The molecule has 1 amide bonds. The van der Waals surface area contributed by atoms with Crippen LogP contribution in [-0.4, -0.2) is 51.9 Å². The fraction of sp³-hybridized carbons (Fsp3) is 0.296. The van der Waals surface area contributed by atoms with E-state index in [1.54, 1.807) is 44.8 Å². The summed E-state index contributed by atoms with van der Waals surface area (Å²) >= 11 is 1.64. The molecule has 2 aliphatic rings. The summed E-state index contributed by atoms with van der Waals surface area (Å²) in [4.78, 5) is 16.5. The van der Waals surface area contributed by atoms with E-state index in [1.165, 1.54) is 0 Å². The van der Waals surface area contributed by atoms with Crippen LogP contribution < -0.4 is 23.7 Å². The lowest BCUT2D eigenvalue weighted by atomic mass is 9.90. The van der Waals surface area contributed by atoms with E-state index < -0.39 is 0 Å². The number of carbonyl (C=O) groups excluding carboxylic acids is 1. The maximum absolute atomic E-state index is 13.5. The highest BCUT2D eigenvalue weighted by molar-refractivity contribution is 7.10. The van der Waals surface area contributed by atoms with E-state index in [2.05, 4.69) is 6.07 Å². The zero-order chi connectivity index (χ0) is 24.4. The number of hydrogen-bond acceptors (Lipinski definition) is 7. The van der Waals surface area contributed by atoms with Crippen molar-refractivity contribution in [2.24, 2.45) is 0 Å². The van der Waals surface area contributed by atoms with Gasteiger partial charge in [-0.15, -0.1) is 11.3 Å². The summed E-state index contributed by atoms with van der Waals surface area (Å²) in [5, 5.41) is 2.03. The van der Waals surface area contributed by atoms with Gasteiger partial charge < -0.3 is 28.6 Å². The van der Waals surface area contributed by atoms with Gasteiger partial charge in [0.15, 0.2) is 23.0 Å².